The number of halogens is 3. The van der Waals surface area contributed by atoms with Crippen molar-refractivity contribution < 1.29 is 4.79 Å². The number of amides is 1. The molecule has 2 aromatic carbocycles. The number of hydrogen-bond donors (Lipinski definition) is 2. The number of benzene rings is 2. The van der Waals surface area contributed by atoms with E-state index in [1.54, 1.807) is 30.3 Å². The van der Waals surface area contributed by atoms with Gasteiger partial charge in [0.1, 0.15) is 0 Å². The zero-order valence-electron chi connectivity index (χ0n) is 9.58. The first kappa shape index (κ1) is 14.6. The molecule has 1 amide bonds. The third-order valence-electron chi connectivity index (χ3n) is 2.43. The summed E-state index contributed by atoms with van der Waals surface area (Å²) < 4.78 is 1.69. The van der Waals surface area contributed by atoms with Gasteiger partial charge in [-0.1, -0.05) is 27.5 Å². The molecule has 2 aromatic rings. The Kier molecular flexibility index (Phi) is 4.70. The van der Waals surface area contributed by atoms with Gasteiger partial charge in [0, 0.05) is 13.1 Å². The van der Waals surface area contributed by atoms with E-state index in [1.165, 1.54) is 0 Å². The van der Waals surface area contributed by atoms with Crippen molar-refractivity contribution in [3.63, 3.8) is 0 Å². The molecule has 0 aliphatic carbocycles. The van der Waals surface area contributed by atoms with Gasteiger partial charge in [-0.2, -0.15) is 0 Å². The first-order valence-electron chi connectivity index (χ1n) is 5.29. The van der Waals surface area contributed by atoms with Crippen LogP contribution in [-0.4, -0.2) is 5.91 Å². The lowest BCUT2D eigenvalue weighted by Gasteiger charge is -2.10. The molecule has 3 nitrogen and oxygen atoms in total. The van der Waals surface area contributed by atoms with E-state index in [2.05, 4.69) is 43.8 Å². The number of carbonyl (C=O) groups excluding carboxylic acids is 1. The summed E-state index contributed by atoms with van der Waals surface area (Å²) in [5, 5.41) is 3.30. The lowest BCUT2D eigenvalue weighted by molar-refractivity contribution is 0.102. The van der Waals surface area contributed by atoms with Crippen molar-refractivity contribution in [3.05, 3.63) is 55.0 Å². The molecular formula is C13H9BrClIN2O. The zero-order valence-corrected chi connectivity index (χ0v) is 14.1. The highest BCUT2D eigenvalue weighted by atomic mass is 127. The van der Waals surface area contributed by atoms with Crippen molar-refractivity contribution in [2.75, 3.05) is 11.1 Å². The summed E-state index contributed by atoms with van der Waals surface area (Å²) in [4.78, 5) is 12.2. The maximum atomic E-state index is 12.2. The van der Waals surface area contributed by atoms with Crippen LogP contribution in [0.1, 0.15) is 10.4 Å². The summed E-state index contributed by atoms with van der Waals surface area (Å²) in [5.74, 6) is -0.235. The summed E-state index contributed by atoms with van der Waals surface area (Å²) in [7, 11) is 0. The molecule has 0 aromatic heterocycles. The number of rotatable bonds is 2. The van der Waals surface area contributed by atoms with Crippen LogP contribution < -0.4 is 11.1 Å². The fraction of sp³-hybridized carbons (Fsp3) is 0. The van der Waals surface area contributed by atoms with Gasteiger partial charge in [-0.3, -0.25) is 4.79 Å². The van der Waals surface area contributed by atoms with Crippen molar-refractivity contribution in [3.8, 4) is 0 Å². The normalized spacial score (nSPS) is 10.3. The van der Waals surface area contributed by atoms with Gasteiger partial charge in [0.2, 0.25) is 0 Å². The molecule has 6 heteroatoms. The van der Waals surface area contributed by atoms with E-state index in [0.717, 1.165) is 8.04 Å². The summed E-state index contributed by atoms with van der Waals surface area (Å²) in [6.45, 7) is 0. The third kappa shape index (κ3) is 3.61. The monoisotopic (exact) mass is 450 g/mol. The molecule has 0 atom stereocenters. The molecule has 0 heterocycles. The highest BCUT2D eigenvalue weighted by Gasteiger charge is 2.12. The second kappa shape index (κ2) is 6.11. The second-order valence-electron chi connectivity index (χ2n) is 3.81. The fourth-order valence-electron chi connectivity index (χ4n) is 1.51. The van der Waals surface area contributed by atoms with E-state index in [-0.39, 0.29) is 5.91 Å². The van der Waals surface area contributed by atoms with Crippen molar-refractivity contribution in [1.82, 2.24) is 0 Å². The molecule has 0 bridgehead atoms. The predicted octanol–water partition coefficient (Wildman–Crippen LogP) is 4.54. The van der Waals surface area contributed by atoms with Crippen LogP contribution in [0.3, 0.4) is 0 Å². The van der Waals surface area contributed by atoms with E-state index < -0.39 is 0 Å². The molecule has 0 unspecified atom stereocenters. The van der Waals surface area contributed by atoms with Crippen LogP contribution in [0.2, 0.25) is 5.02 Å². The molecule has 0 fully saturated rings. The Bertz CT molecular complexity index is 649. The molecule has 98 valence electrons. The van der Waals surface area contributed by atoms with Gasteiger partial charge in [-0.05, 0) is 59.0 Å². The predicted molar refractivity (Wildman–Crippen MR) is 90.7 cm³/mol. The number of nitrogen functional groups attached to an aromatic ring is 1. The van der Waals surface area contributed by atoms with Crippen molar-refractivity contribution in [1.29, 1.82) is 0 Å². The molecule has 0 radical (unpaired) electrons. The summed E-state index contributed by atoms with van der Waals surface area (Å²) in [6.07, 6.45) is 0. The highest BCUT2D eigenvalue weighted by molar-refractivity contribution is 14.1. The standard InChI is InChI=1S/C13H9BrClIN2O/c14-7-1-4-12(11(17)5-7)18-13(19)9-6-8(15)2-3-10(9)16/h1-6H,17H2,(H,18,19). The lowest BCUT2D eigenvalue weighted by atomic mass is 10.2. The van der Waals surface area contributed by atoms with Crippen LogP contribution in [0.15, 0.2) is 40.9 Å². The van der Waals surface area contributed by atoms with E-state index in [1.807, 2.05) is 6.07 Å². The van der Waals surface area contributed by atoms with Crippen LogP contribution in [0, 0.1) is 3.57 Å². The van der Waals surface area contributed by atoms with E-state index in [0.29, 0.717) is 22.0 Å². The molecule has 0 spiro atoms. The summed E-state index contributed by atoms with van der Waals surface area (Å²) in [6, 6.07) is 10.5. The Labute approximate surface area is 137 Å². The highest BCUT2D eigenvalue weighted by Crippen LogP contribution is 2.25. The average molecular weight is 451 g/mol. The SMILES string of the molecule is Nc1cc(Br)ccc1NC(=O)c1cc(Cl)ccc1I. The number of carbonyl (C=O) groups is 1. The van der Waals surface area contributed by atoms with Gasteiger partial charge in [0.15, 0.2) is 0 Å². The minimum absolute atomic E-state index is 0.235. The quantitative estimate of drug-likeness (QED) is 0.520. The molecule has 2 rings (SSSR count). The molecule has 0 saturated carbocycles. The zero-order chi connectivity index (χ0) is 14.0. The summed E-state index contributed by atoms with van der Waals surface area (Å²) in [5.41, 5.74) is 7.44. The topological polar surface area (TPSA) is 55.1 Å². The summed E-state index contributed by atoms with van der Waals surface area (Å²) >= 11 is 11.3. The van der Waals surface area contributed by atoms with E-state index in [9.17, 15) is 4.79 Å². The number of nitrogens with one attached hydrogen (secondary N) is 1. The van der Waals surface area contributed by atoms with Gasteiger partial charge >= 0.3 is 0 Å². The fourth-order valence-corrected chi connectivity index (χ4v) is 2.64. The van der Waals surface area contributed by atoms with Crippen LogP contribution in [0.4, 0.5) is 11.4 Å². The minimum atomic E-state index is -0.235. The Balaban J connectivity index is 2.28. The smallest absolute Gasteiger partial charge is 0.256 e. The Morgan fingerprint density at radius 3 is 2.68 bits per heavy atom. The van der Waals surface area contributed by atoms with Gasteiger partial charge in [0.05, 0.1) is 16.9 Å². The molecular weight excluding hydrogens is 442 g/mol. The van der Waals surface area contributed by atoms with Gasteiger partial charge < -0.3 is 11.1 Å². The van der Waals surface area contributed by atoms with Crippen LogP contribution >= 0.6 is 50.1 Å². The second-order valence-corrected chi connectivity index (χ2v) is 6.32. The lowest BCUT2D eigenvalue weighted by Crippen LogP contribution is -2.14. The van der Waals surface area contributed by atoms with Crippen LogP contribution in [-0.2, 0) is 0 Å². The molecule has 3 N–H and O–H groups in total. The maximum absolute atomic E-state index is 12.2. The number of anilines is 2. The van der Waals surface area contributed by atoms with Gasteiger partial charge in [-0.25, -0.2) is 0 Å². The largest absolute Gasteiger partial charge is 0.397 e. The molecule has 19 heavy (non-hydrogen) atoms. The number of hydrogen-bond acceptors (Lipinski definition) is 2. The van der Waals surface area contributed by atoms with E-state index in [4.69, 9.17) is 17.3 Å². The van der Waals surface area contributed by atoms with Crippen molar-refractivity contribution >= 4 is 67.4 Å². The number of nitrogens with two attached hydrogens (primary N) is 1. The van der Waals surface area contributed by atoms with Crippen molar-refractivity contribution in [2.24, 2.45) is 0 Å². The Morgan fingerprint density at radius 2 is 2.00 bits per heavy atom. The third-order valence-corrected chi connectivity index (χ3v) is 4.10. The van der Waals surface area contributed by atoms with Gasteiger partial charge in [0.25, 0.3) is 5.91 Å². The first-order chi connectivity index (χ1) is 8.97. The average Bonchev–Trinajstić information content (AvgIpc) is 2.35. The first-order valence-corrected chi connectivity index (χ1v) is 7.54. The minimum Gasteiger partial charge on any atom is -0.397 e. The molecule has 0 aliphatic heterocycles. The van der Waals surface area contributed by atoms with Crippen LogP contribution in [0.25, 0.3) is 0 Å². The molecule has 0 aliphatic rings. The molecule has 0 saturated heterocycles. The van der Waals surface area contributed by atoms with Gasteiger partial charge in [-0.15, -0.1) is 0 Å². The Morgan fingerprint density at radius 1 is 1.26 bits per heavy atom. The van der Waals surface area contributed by atoms with Crippen LogP contribution in [0.5, 0.6) is 0 Å². The maximum Gasteiger partial charge on any atom is 0.256 e. The Hall–Kier alpha value is -0.790. The van der Waals surface area contributed by atoms with E-state index >= 15 is 0 Å². The van der Waals surface area contributed by atoms with Crippen molar-refractivity contribution in [2.45, 2.75) is 0 Å².